The summed E-state index contributed by atoms with van der Waals surface area (Å²) in [6.45, 7) is 7.60. The molecule has 1 aromatic rings. The molecule has 1 saturated carbocycles. The highest BCUT2D eigenvalue weighted by atomic mass is 16.2. The second-order valence-electron chi connectivity index (χ2n) is 6.68. The van der Waals surface area contributed by atoms with E-state index in [2.05, 4.69) is 17.4 Å². The maximum atomic E-state index is 12.3. The summed E-state index contributed by atoms with van der Waals surface area (Å²) >= 11 is 0. The first-order valence-electron chi connectivity index (χ1n) is 6.88. The first-order valence-corrected chi connectivity index (χ1v) is 6.88. The molecule has 0 aromatic heterocycles. The molecule has 2 atom stereocenters. The van der Waals surface area contributed by atoms with Crippen molar-refractivity contribution in [3.05, 3.63) is 35.9 Å². The molecule has 1 amide bonds. The third-order valence-electron chi connectivity index (χ3n) is 4.51. The topological polar surface area (TPSA) is 55.1 Å². The Kier molecular flexibility index (Phi) is 3.43. The first kappa shape index (κ1) is 14.1. The van der Waals surface area contributed by atoms with Crippen LogP contribution >= 0.6 is 0 Å². The van der Waals surface area contributed by atoms with E-state index in [1.807, 2.05) is 45.9 Å². The quantitative estimate of drug-likeness (QED) is 0.873. The van der Waals surface area contributed by atoms with Gasteiger partial charge in [0, 0.05) is 17.5 Å². The van der Waals surface area contributed by atoms with E-state index in [0.717, 1.165) is 6.42 Å². The molecule has 1 aliphatic carbocycles. The Bertz CT molecular complexity index is 459. The Labute approximate surface area is 115 Å². The normalized spacial score (nSPS) is 23.0. The first-order chi connectivity index (χ1) is 8.73. The molecule has 0 heterocycles. The van der Waals surface area contributed by atoms with Crippen molar-refractivity contribution in [2.24, 2.45) is 11.1 Å². The molecule has 3 N–H and O–H groups in total. The van der Waals surface area contributed by atoms with Gasteiger partial charge in [0.05, 0.1) is 5.41 Å². The van der Waals surface area contributed by atoms with Gasteiger partial charge in [-0.2, -0.15) is 0 Å². The van der Waals surface area contributed by atoms with E-state index in [1.165, 1.54) is 5.56 Å². The van der Waals surface area contributed by atoms with Gasteiger partial charge in [0.15, 0.2) is 0 Å². The largest absolute Gasteiger partial charge is 0.352 e. The van der Waals surface area contributed by atoms with Gasteiger partial charge in [0.25, 0.3) is 0 Å². The van der Waals surface area contributed by atoms with Crippen LogP contribution in [0, 0.1) is 5.41 Å². The molecule has 0 bridgehead atoms. The number of amides is 1. The van der Waals surface area contributed by atoms with Crippen molar-refractivity contribution in [1.29, 1.82) is 0 Å². The zero-order chi connectivity index (χ0) is 14.3. The molecular formula is C16H24N2O. The minimum atomic E-state index is -0.573. The summed E-state index contributed by atoms with van der Waals surface area (Å²) in [5.74, 6) is 0.505. The molecule has 3 heteroatoms. The van der Waals surface area contributed by atoms with Crippen molar-refractivity contribution in [2.75, 3.05) is 0 Å². The van der Waals surface area contributed by atoms with Crippen molar-refractivity contribution in [3.63, 3.8) is 0 Å². The fourth-order valence-electron chi connectivity index (χ4n) is 2.06. The van der Waals surface area contributed by atoms with Crippen LogP contribution in [-0.2, 0) is 4.79 Å². The maximum Gasteiger partial charge on any atom is 0.227 e. The van der Waals surface area contributed by atoms with Crippen LogP contribution < -0.4 is 11.1 Å². The van der Waals surface area contributed by atoms with Crippen LogP contribution in [0.2, 0.25) is 0 Å². The van der Waals surface area contributed by atoms with E-state index in [0.29, 0.717) is 5.92 Å². The van der Waals surface area contributed by atoms with Gasteiger partial charge in [-0.1, -0.05) is 30.3 Å². The van der Waals surface area contributed by atoms with Gasteiger partial charge in [-0.3, -0.25) is 4.79 Å². The van der Waals surface area contributed by atoms with Gasteiger partial charge in [0.2, 0.25) is 5.91 Å². The number of nitrogens with one attached hydrogen (secondary N) is 1. The molecule has 2 rings (SSSR count). The van der Waals surface area contributed by atoms with Crippen LogP contribution in [0.25, 0.3) is 0 Å². The molecule has 2 unspecified atom stereocenters. The number of hydrogen-bond acceptors (Lipinski definition) is 2. The van der Waals surface area contributed by atoms with Crippen molar-refractivity contribution < 1.29 is 4.79 Å². The van der Waals surface area contributed by atoms with E-state index >= 15 is 0 Å². The summed E-state index contributed by atoms with van der Waals surface area (Å²) in [5.41, 5.74) is 6.29. The number of benzene rings is 1. The summed E-state index contributed by atoms with van der Waals surface area (Å²) in [5, 5.41) is 3.13. The highest BCUT2D eigenvalue weighted by molar-refractivity contribution is 5.84. The second kappa shape index (κ2) is 4.64. The van der Waals surface area contributed by atoms with Gasteiger partial charge < -0.3 is 11.1 Å². The average molecular weight is 260 g/mol. The van der Waals surface area contributed by atoms with E-state index in [4.69, 9.17) is 5.73 Å². The smallest absolute Gasteiger partial charge is 0.227 e. The van der Waals surface area contributed by atoms with E-state index in [-0.39, 0.29) is 11.9 Å². The fraction of sp³-hybridized carbons (Fsp3) is 0.562. The highest BCUT2D eigenvalue weighted by Crippen LogP contribution is 2.41. The van der Waals surface area contributed by atoms with Gasteiger partial charge in [0.1, 0.15) is 0 Å². The molecule has 0 aliphatic heterocycles. The van der Waals surface area contributed by atoms with E-state index in [9.17, 15) is 4.79 Å². The predicted octanol–water partition coefficient (Wildman–Crippen LogP) is 2.42. The number of rotatable bonds is 4. The highest BCUT2D eigenvalue weighted by Gasteiger charge is 2.45. The van der Waals surface area contributed by atoms with E-state index in [1.54, 1.807) is 0 Å². The molecule has 0 radical (unpaired) electrons. The maximum absolute atomic E-state index is 12.3. The minimum absolute atomic E-state index is 0.0448. The van der Waals surface area contributed by atoms with Crippen molar-refractivity contribution in [2.45, 2.75) is 51.6 Å². The van der Waals surface area contributed by atoms with Gasteiger partial charge in [-0.05, 0) is 39.7 Å². The number of hydrogen-bond donors (Lipinski definition) is 2. The summed E-state index contributed by atoms with van der Waals surface area (Å²) in [4.78, 5) is 12.3. The van der Waals surface area contributed by atoms with Crippen LogP contribution in [0.15, 0.2) is 30.3 Å². The lowest BCUT2D eigenvalue weighted by molar-refractivity contribution is -0.132. The zero-order valence-corrected chi connectivity index (χ0v) is 12.2. The molecule has 19 heavy (non-hydrogen) atoms. The summed E-state index contributed by atoms with van der Waals surface area (Å²) < 4.78 is 0. The molecule has 3 nitrogen and oxygen atoms in total. The SMILES string of the molecule is CC(C)(N)C(C)(C)C(=O)NC1CC1c1ccccc1. The third-order valence-corrected chi connectivity index (χ3v) is 4.51. The van der Waals surface area contributed by atoms with Gasteiger partial charge in [-0.15, -0.1) is 0 Å². The molecule has 0 spiro atoms. The van der Waals surface area contributed by atoms with Crippen LogP contribution in [0.5, 0.6) is 0 Å². The van der Waals surface area contributed by atoms with Crippen molar-refractivity contribution >= 4 is 5.91 Å². The minimum Gasteiger partial charge on any atom is -0.352 e. The molecule has 1 fully saturated rings. The lowest BCUT2D eigenvalue weighted by Gasteiger charge is -2.37. The van der Waals surface area contributed by atoms with Crippen LogP contribution in [0.1, 0.15) is 45.6 Å². The average Bonchev–Trinajstić information content (AvgIpc) is 3.08. The zero-order valence-electron chi connectivity index (χ0n) is 12.2. The standard InChI is InChI=1S/C16H24N2O/c1-15(2,16(3,4)17)14(19)18-13-10-12(13)11-8-6-5-7-9-11/h5-9,12-13H,10,17H2,1-4H3,(H,18,19). The van der Waals surface area contributed by atoms with Gasteiger partial charge >= 0.3 is 0 Å². The number of carbonyl (C=O) groups is 1. The monoisotopic (exact) mass is 260 g/mol. The van der Waals surface area contributed by atoms with Crippen LogP contribution in [-0.4, -0.2) is 17.5 Å². The summed E-state index contributed by atoms with van der Waals surface area (Å²) in [7, 11) is 0. The third kappa shape index (κ3) is 2.81. The molecule has 1 aromatic carbocycles. The Morgan fingerprint density at radius 1 is 1.21 bits per heavy atom. The van der Waals surface area contributed by atoms with Crippen molar-refractivity contribution in [3.8, 4) is 0 Å². The Hall–Kier alpha value is -1.35. The Morgan fingerprint density at radius 2 is 1.79 bits per heavy atom. The molecule has 0 saturated heterocycles. The Balaban J connectivity index is 1.96. The number of nitrogens with two attached hydrogens (primary N) is 1. The van der Waals surface area contributed by atoms with Gasteiger partial charge in [-0.25, -0.2) is 0 Å². The lowest BCUT2D eigenvalue weighted by atomic mass is 9.74. The van der Waals surface area contributed by atoms with Crippen LogP contribution in [0.4, 0.5) is 0 Å². The number of carbonyl (C=O) groups excluding carboxylic acids is 1. The predicted molar refractivity (Wildman–Crippen MR) is 77.8 cm³/mol. The van der Waals surface area contributed by atoms with E-state index < -0.39 is 11.0 Å². The molecule has 1 aliphatic rings. The molecule has 104 valence electrons. The van der Waals surface area contributed by atoms with Crippen LogP contribution in [0.3, 0.4) is 0 Å². The summed E-state index contributed by atoms with van der Waals surface area (Å²) in [6.07, 6.45) is 1.02. The fourth-order valence-corrected chi connectivity index (χ4v) is 2.06. The summed E-state index contributed by atoms with van der Waals surface area (Å²) in [6, 6.07) is 10.6. The lowest BCUT2D eigenvalue weighted by Crippen LogP contribution is -2.56. The Morgan fingerprint density at radius 3 is 2.32 bits per heavy atom. The van der Waals surface area contributed by atoms with Crippen molar-refractivity contribution in [1.82, 2.24) is 5.32 Å². The molecular weight excluding hydrogens is 236 g/mol. The second-order valence-corrected chi connectivity index (χ2v) is 6.68.